The van der Waals surface area contributed by atoms with Crippen molar-refractivity contribution in [1.29, 1.82) is 0 Å². The normalized spacial score (nSPS) is 17.1. The van der Waals surface area contributed by atoms with E-state index >= 15 is 0 Å². The molecular weight excluding hydrogens is 343 g/mol. The van der Waals surface area contributed by atoms with Gasteiger partial charge in [0, 0.05) is 12.0 Å². The lowest BCUT2D eigenvalue weighted by atomic mass is 10.1. The van der Waals surface area contributed by atoms with E-state index in [1.165, 1.54) is 12.1 Å². The summed E-state index contributed by atoms with van der Waals surface area (Å²) in [6, 6.07) is 4.76. The number of carbonyl (C=O) groups excluding carboxylic acids is 1. The summed E-state index contributed by atoms with van der Waals surface area (Å²) in [6.07, 6.45) is 1.70. The van der Waals surface area contributed by atoms with Gasteiger partial charge in [-0.05, 0) is 50.2 Å². The van der Waals surface area contributed by atoms with E-state index in [0.29, 0.717) is 0 Å². The molecule has 2 rings (SSSR count). The molecule has 1 aliphatic rings. The van der Waals surface area contributed by atoms with Gasteiger partial charge in [-0.1, -0.05) is 6.92 Å². The summed E-state index contributed by atoms with van der Waals surface area (Å²) in [7, 11) is -3.60. The fourth-order valence-corrected chi connectivity index (χ4v) is 4.01. The Bertz CT molecular complexity index is 616. The lowest BCUT2D eigenvalue weighted by Crippen LogP contribution is -2.45. The van der Waals surface area contributed by atoms with Crippen LogP contribution in [0.4, 0.5) is 4.39 Å². The molecule has 0 spiro atoms. The van der Waals surface area contributed by atoms with Gasteiger partial charge < -0.3 is 10.6 Å². The average Bonchev–Trinajstić information content (AvgIpc) is 2.48. The Morgan fingerprint density at radius 2 is 1.87 bits per heavy atom. The molecule has 0 bridgehead atoms. The van der Waals surface area contributed by atoms with Gasteiger partial charge in [0.05, 0.1) is 10.6 Å². The highest BCUT2D eigenvalue weighted by Gasteiger charge is 2.25. The number of rotatable bonds is 5. The summed E-state index contributed by atoms with van der Waals surface area (Å²) in [5.74, 6) is -1.67. The van der Waals surface area contributed by atoms with Crippen molar-refractivity contribution in [3.8, 4) is 0 Å². The van der Waals surface area contributed by atoms with Crippen molar-refractivity contribution >= 4 is 28.2 Å². The highest BCUT2D eigenvalue weighted by molar-refractivity contribution is 7.91. The molecule has 1 aromatic carbocycles. The molecule has 8 heteroatoms. The van der Waals surface area contributed by atoms with E-state index in [0.717, 1.165) is 38.1 Å². The summed E-state index contributed by atoms with van der Waals surface area (Å²) in [4.78, 5) is 12.2. The molecule has 0 radical (unpaired) electrons. The molecule has 1 heterocycles. The molecule has 1 amide bonds. The highest BCUT2D eigenvalue weighted by Crippen LogP contribution is 2.15. The number of carbonyl (C=O) groups is 1. The number of hydrogen-bond acceptors (Lipinski definition) is 4. The molecule has 1 atom stereocenters. The SMILES string of the molecule is CC(CS(=O)(=O)c1ccc(F)cc1)C(=O)NC1CCNCC1.Cl. The predicted octanol–water partition coefficient (Wildman–Crippen LogP) is 1.53. The van der Waals surface area contributed by atoms with Crippen molar-refractivity contribution in [2.75, 3.05) is 18.8 Å². The zero-order valence-corrected chi connectivity index (χ0v) is 14.6. The van der Waals surface area contributed by atoms with Gasteiger partial charge in [0.15, 0.2) is 9.84 Å². The predicted molar refractivity (Wildman–Crippen MR) is 88.9 cm³/mol. The molecule has 23 heavy (non-hydrogen) atoms. The van der Waals surface area contributed by atoms with Crippen molar-refractivity contribution in [2.24, 2.45) is 5.92 Å². The lowest BCUT2D eigenvalue weighted by Gasteiger charge is -2.25. The second-order valence-electron chi connectivity index (χ2n) is 5.67. The summed E-state index contributed by atoms with van der Waals surface area (Å²) in [5.41, 5.74) is 0. The third kappa shape index (κ3) is 5.75. The third-order valence-corrected chi connectivity index (χ3v) is 5.70. The van der Waals surface area contributed by atoms with Crippen LogP contribution in [0.2, 0.25) is 0 Å². The van der Waals surface area contributed by atoms with Crippen LogP contribution < -0.4 is 10.6 Å². The molecular formula is C15H22ClFN2O3S. The number of piperidine rings is 1. The maximum atomic E-state index is 12.9. The Balaban J connectivity index is 0.00000264. The molecule has 1 aromatic rings. The molecule has 5 nitrogen and oxygen atoms in total. The number of nitrogens with one attached hydrogen (secondary N) is 2. The molecule has 1 unspecified atom stereocenters. The zero-order valence-electron chi connectivity index (χ0n) is 12.9. The molecule has 1 fully saturated rings. The molecule has 130 valence electrons. The molecule has 0 aliphatic carbocycles. The topological polar surface area (TPSA) is 75.3 Å². The summed E-state index contributed by atoms with van der Waals surface area (Å²) in [5, 5.41) is 6.10. The first kappa shape index (κ1) is 19.9. The number of halogens is 2. The lowest BCUT2D eigenvalue weighted by molar-refractivity contribution is -0.124. The van der Waals surface area contributed by atoms with Crippen LogP contribution in [0.1, 0.15) is 19.8 Å². The molecule has 1 aliphatic heterocycles. The number of benzene rings is 1. The van der Waals surface area contributed by atoms with Gasteiger partial charge in [0.25, 0.3) is 0 Å². The Labute approximate surface area is 142 Å². The quantitative estimate of drug-likeness (QED) is 0.777. The first-order valence-corrected chi connectivity index (χ1v) is 9.03. The monoisotopic (exact) mass is 364 g/mol. The second-order valence-corrected chi connectivity index (χ2v) is 7.70. The van der Waals surface area contributed by atoms with Gasteiger partial charge in [-0.25, -0.2) is 12.8 Å². The van der Waals surface area contributed by atoms with Crippen LogP contribution in [0.5, 0.6) is 0 Å². The van der Waals surface area contributed by atoms with Gasteiger partial charge >= 0.3 is 0 Å². The average molecular weight is 365 g/mol. The van der Waals surface area contributed by atoms with Gasteiger partial charge in [-0.15, -0.1) is 12.4 Å². The minimum absolute atomic E-state index is 0. The van der Waals surface area contributed by atoms with Gasteiger partial charge in [0.1, 0.15) is 5.82 Å². The van der Waals surface area contributed by atoms with E-state index in [9.17, 15) is 17.6 Å². The molecule has 1 saturated heterocycles. The van der Waals surface area contributed by atoms with E-state index < -0.39 is 21.6 Å². The standard InChI is InChI=1S/C15H21FN2O3S.ClH/c1-11(15(19)18-13-6-8-17-9-7-13)10-22(20,21)14-4-2-12(16)3-5-14;/h2-5,11,13,17H,6-10H2,1H3,(H,18,19);1H. The van der Waals surface area contributed by atoms with E-state index in [1.807, 2.05) is 0 Å². The maximum Gasteiger partial charge on any atom is 0.224 e. The first-order valence-electron chi connectivity index (χ1n) is 7.38. The van der Waals surface area contributed by atoms with Crippen LogP contribution in [-0.4, -0.2) is 39.2 Å². The fourth-order valence-electron chi connectivity index (χ4n) is 2.45. The van der Waals surface area contributed by atoms with Crippen molar-refractivity contribution < 1.29 is 17.6 Å². The second kappa shape index (κ2) is 8.61. The summed E-state index contributed by atoms with van der Waals surface area (Å²) >= 11 is 0. The Kier molecular flexibility index (Phi) is 7.44. The van der Waals surface area contributed by atoms with Crippen molar-refractivity contribution in [3.05, 3.63) is 30.1 Å². The van der Waals surface area contributed by atoms with Crippen molar-refractivity contribution in [1.82, 2.24) is 10.6 Å². The van der Waals surface area contributed by atoms with Crippen LogP contribution in [0.15, 0.2) is 29.2 Å². The van der Waals surface area contributed by atoms with E-state index in [4.69, 9.17) is 0 Å². The fraction of sp³-hybridized carbons (Fsp3) is 0.533. The third-order valence-electron chi connectivity index (χ3n) is 3.78. The summed E-state index contributed by atoms with van der Waals surface area (Å²) in [6.45, 7) is 3.30. The van der Waals surface area contributed by atoms with Crippen LogP contribution in [0, 0.1) is 11.7 Å². The van der Waals surface area contributed by atoms with Gasteiger partial charge in [-0.3, -0.25) is 4.79 Å². The minimum Gasteiger partial charge on any atom is -0.353 e. The van der Waals surface area contributed by atoms with Gasteiger partial charge in [0.2, 0.25) is 5.91 Å². The van der Waals surface area contributed by atoms with Crippen molar-refractivity contribution in [3.63, 3.8) is 0 Å². The van der Waals surface area contributed by atoms with E-state index in [1.54, 1.807) is 6.92 Å². The molecule has 0 aromatic heterocycles. The largest absolute Gasteiger partial charge is 0.353 e. The Morgan fingerprint density at radius 3 is 2.43 bits per heavy atom. The number of sulfone groups is 1. The minimum atomic E-state index is -3.60. The smallest absolute Gasteiger partial charge is 0.224 e. The summed E-state index contributed by atoms with van der Waals surface area (Å²) < 4.78 is 37.3. The number of amides is 1. The highest BCUT2D eigenvalue weighted by atomic mass is 35.5. The van der Waals surface area contributed by atoms with Gasteiger partial charge in [-0.2, -0.15) is 0 Å². The Morgan fingerprint density at radius 1 is 1.30 bits per heavy atom. The first-order chi connectivity index (χ1) is 10.4. The van der Waals surface area contributed by atoms with Crippen LogP contribution in [0.25, 0.3) is 0 Å². The van der Waals surface area contributed by atoms with Crippen LogP contribution in [-0.2, 0) is 14.6 Å². The van der Waals surface area contributed by atoms with E-state index in [2.05, 4.69) is 10.6 Å². The maximum absolute atomic E-state index is 12.9. The number of hydrogen-bond donors (Lipinski definition) is 2. The van der Waals surface area contributed by atoms with Crippen LogP contribution in [0.3, 0.4) is 0 Å². The van der Waals surface area contributed by atoms with Crippen LogP contribution >= 0.6 is 12.4 Å². The Hall–Kier alpha value is -1.18. The van der Waals surface area contributed by atoms with Crippen molar-refractivity contribution in [2.45, 2.75) is 30.7 Å². The van der Waals surface area contributed by atoms with E-state index in [-0.39, 0.29) is 35.0 Å². The zero-order chi connectivity index (χ0) is 16.2. The molecule has 0 saturated carbocycles. The molecule has 2 N–H and O–H groups in total.